The number of nitrogens with zero attached hydrogens (tertiary/aromatic N) is 3. The standard InChI is InChI=1S/C55H33N3S/c1-2-12-43(13-3-1)57-49-16-8-6-14-44(49)45-27-26-40(31-51(45)57)36-20-18-34(19-21-36)35-22-24-37(25-23-35)50-33-47-46-15-7-9-17-53(46)59-54(47)55-56-48-30-41-28-38-10-4-5-11-39(38)29-42(41)32-52(48)58(50)55/h1-33H. The minimum atomic E-state index is 1.01. The summed E-state index contributed by atoms with van der Waals surface area (Å²) >= 11 is 1.83. The quantitative estimate of drug-likeness (QED) is 0.164. The van der Waals surface area contributed by atoms with Gasteiger partial charge in [-0.1, -0.05) is 140 Å². The minimum absolute atomic E-state index is 1.01. The van der Waals surface area contributed by atoms with Crippen LogP contribution in [0, 0.1) is 0 Å². The van der Waals surface area contributed by atoms with Gasteiger partial charge in [0, 0.05) is 31.9 Å². The van der Waals surface area contributed by atoms with Gasteiger partial charge in [0.25, 0.3) is 0 Å². The van der Waals surface area contributed by atoms with E-state index < -0.39 is 0 Å². The summed E-state index contributed by atoms with van der Waals surface area (Å²) in [6, 6.07) is 73.2. The Bertz CT molecular complexity index is 3810. The van der Waals surface area contributed by atoms with Crippen molar-refractivity contribution in [3.05, 3.63) is 200 Å². The number of pyridine rings is 1. The summed E-state index contributed by atoms with van der Waals surface area (Å²) in [5, 5.41) is 9.98. The van der Waals surface area contributed by atoms with E-state index in [0.717, 1.165) is 27.9 Å². The number of imidazole rings is 1. The first-order valence-corrected chi connectivity index (χ1v) is 20.9. The van der Waals surface area contributed by atoms with Crippen LogP contribution in [0.3, 0.4) is 0 Å². The van der Waals surface area contributed by atoms with Crippen LogP contribution in [0.4, 0.5) is 0 Å². The number of aromatic nitrogens is 3. The number of benzene rings is 9. The highest BCUT2D eigenvalue weighted by Gasteiger charge is 2.19. The molecule has 9 aromatic carbocycles. The lowest BCUT2D eigenvalue weighted by Gasteiger charge is -2.11. The number of para-hydroxylation sites is 2. The molecule has 0 saturated heterocycles. The first-order valence-electron chi connectivity index (χ1n) is 20.1. The maximum Gasteiger partial charge on any atom is 0.156 e. The van der Waals surface area contributed by atoms with Crippen molar-refractivity contribution in [2.45, 2.75) is 0 Å². The van der Waals surface area contributed by atoms with Crippen LogP contribution in [0.15, 0.2) is 200 Å². The molecule has 0 aliphatic carbocycles. The zero-order valence-corrected chi connectivity index (χ0v) is 32.6. The third-order valence-corrected chi connectivity index (χ3v) is 13.4. The zero-order valence-electron chi connectivity index (χ0n) is 31.8. The van der Waals surface area contributed by atoms with E-state index in [4.69, 9.17) is 4.98 Å². The van der Waals surface area contributed by atoms with E-state index in [1.165, 1.54) is 91.5 Å². The second-order valence-electron chi connectivity index (χ2n) is 15.6. The fourth-order valence-corrected chi connectivity index (χ4v) is 10.6. The van der Waals surface area contributed by atoms with Crippen LogP contribution in [0.25, 0.3) is 119 Å². The van der Waals surface area contributed by atoms with Gasteiger partial charge in [-0.2, -0.15) is 0 Å². The van der Waals surface area contributed by atoms with Crippen LogP contribution in [0.5, 0.6) is 0 Å². The van der Waals surface area contributed by atoms with Gasteiger partial charge in [-0.3, -0.25) is 4.40 Å². The number of hydrogen-bond acceptors (Lipinski definition) is 2. The molecule has 0 fully saturated rings. The lowest BCUT2D eigenvalue weighted by atomic mass is 9.98. The van der Waals surface area contributed by atoms with Crippen molar-refractivity contribution in [3.8, 4) is 39.2 Å². The molecular weight excluding hydrogens is 735 g/mol. The Morgan fingerprint density at radius 2 is 0.966 bits per heavy atom. The van der Waals surface area contributed by atoms with E-state index >= 15 is 0 Å². The average molecular weight is 768 g/mol. The van der Waals surface area contributed by atoms with E-state index in [2.05, 4.69) is 209 Å². The number of hydrogen-bond donors (Lipinski definition) is 0. The number of rotatable bonds is 4. The van der Waals surface area contributed by atoms with Gasteiger partial charge in [-0.25, -0.2) is 4.98 Å². The Kier molecular flexibility index (Phi) is 6.89. The highest BCUT2D eigenvalue weighted by atomic mass is 32.1. The second-order valence-corrected chi connectivity index (χ2v) is 16.7. The Balaban J connectivity index is 0.914. The first-order chi connectivity index (χ1) is 29.2. The van der Waals surface area contributed by atoms with Gasteiger partial charge in [-0.05, 0) is 110 Å². The summed E-state index contributed by atoms with van der Waals surface area (Å²) in [6.45, 7) is 0. The molecule has 0 amide bonds. The predicted molar refractivity (Wildman–Crippen MR) is 251 cm³/mol. The van der Waals surface area contributed by atoms with Crippen molar-refractivity contribution in [2.75, 3.05) is 0 Å². The number of thiophene rings is 1. The van der Waals surface area contributed by atoms with Gasteiger partial charge in [0.15, 0.2) is 5.65 Å². The molecule has 0 saturated carbocycles. The van der Waals surface area contributed by atoms with E-state index in [0.29, 0.717) is 0 Å². The molecular formula is C55H33N3S. The minimum Gasteiger partial charge on any atom is -0.309 e. The van der Waals surface area contributed by atoms with Crippen molar-refractivity contribution in [1.29, 1.82) is 0 Å². The molecule has 3 nitrogen and oxygen atoms in total. The molecule has 59 heavy (non-hydrogen) atoms. The summed E-state index contributed by atoms with van der Waals surface area (Å²) in [4.78, 5) is 5.37. The third-order valence-electron chi connectivity index (χ3n) is 12.3. The monoisotopic (exact) mass is 767 g/mol. The normalized spacial score (nSPS) is 12.1. The maximum absolute atomic E-state index is 5.37. The van der Waals surface area contributed by atoms with Gasteiger partial charge in [0.05, 0.1) is 32.5 Å². The molecule has 274 valence electrons. The van der Waals surface area contributed by atoms with Crippen LogP contribution >= 0.6 is 11.3 Å². The molecule has 0 radical (unpaired) electrons. The van der Waals surface area contributed by atoms with Gasteiger partial charge in [0.1, 0.15) is 0 Å². The summed E-state index contributed by atoms with van der Waals surface area (Å²) in [6.07, 6.45) is 0. The molecule has 13 rings (SSSR count). The fraction of sp³-hybridized carbons (Fsp3) is 0. The van der Waals surface area contributed by atoms with Crippen molar-refractivity contribution in [3.63, 3.8) is 0 Å². The van der Waals surface area contributed by atoms with E-state index in [1.807, 2.05) is 11.3 Å². The fourth-order valence-electron chi connectivity index (χ4n) is 9.39. The zero-order chi connectivity index (χ0) is 38.6. The molecule has 4 heterocycles. The Morgan fingerprint density at radius 1 is 0.373 bits per heavy atom. The van der Waals surface area contributed by atoms with Crippen LogP contribution in [-0.2, 0) is 0 Å². The van der Waals surface area contributed by atoms with Crippen LogP contribution < -0.4 is 0 Å². The molecule has 0 bridgehead atoms. The molecule has 0 spiro atoms. The SMILES string of the molecule is c1ccc(-n2c3ccccc3c3ccc(-c4ccc(-c5ccc(-c6cc7c8ccccc8sc7c7nc8cc9cc%10ccccc%10cc9cc8n67)cc5)cc4)cc32)cc1. The molecule has 4 aromatic heterocycles. The molecule has 0 aliphatic rings. The molecule has 0 aliphatic heterocycles. The van der Waals surface area contributed by atoms with Crippen molar-refractivity contribution < 1.29 is 0 Å². The van der Waals surface area contributed by atoms with E-state index in [-0.39, 0.29) is 0 Å². The summed E-state index contributed by atoms with van der Waals surface area (Å²) in [5.74, 6) is 0. The van der Waals surface area contributed by atoms with Crippen LogP contribution in [0.2, 0.25) is 0 Å². The first kappa shape index (κ1) is 32.5. The van der Waals surface area contributed by atoms with Gasteiger partial charge < -0.3 is 4.57 Å². The average Bonchev–Trinajstić information content (AvgIpc) is 3.97. The summed E-state index contributed by atoms with van der Waals surface area (Å²) in [5.41, 5.74) is 13.8. The second kappa shape index (κ2) is 12.5. The lowest BCUT2D eigenvalue weighted by Crippen LogP contribution is -1.93. The Labute approximate surface area is 343 Å². The highest BCUT2D eigenvalue weighted by Crippen LogP contribution is 2.42. The maximum atomic E-state index is 5.37. The predicted octanol–water partition coefficient (Wildman–Crippen LogP) is 15.3. The summed E-state index contributed by atoms with van der Waals surface area (Å²) in [7, 11) is 0. The lowest BCUT2D eigenvalue weighted by molar-refractivity contribution is 1.18. The van der Waals surface area contributed by atoms with Gasteiger partial charge in [-0.15, -0.1) is 11.3 Å². The van der Waals surface area contributed by atoms with E-state index in [9.17, 15) is 0 Å². The van der Waals surface area contributed by atoms with Crippen molar-refractivity contribution >= 4 is 91.5 Å². The van der Waals surface area contributed by atoms with Crippen LogP contribution in [0.1, 0.15) is 0 Å². The van der Waals surface area contributed by atoms with Gasteiger partial charge >= 0.3 is 0 Å². The van der Waals surface area contributed by atoms with Crippen LogP contribution in [-0.4, -0.2) is 14.0 Å². The third kappa shape index (κ3) is 4.97. The van der Waals surface area contributed by atoms with E-state index in [1.54, 1.807) is 0 Å². The summed E-state index contributed by atoms with van der Waals surface area (Å²) < 4.78 is 7.27. The molecule has 4 heteroatoms. The molecule has 13 aromatic rings. The largest absolute Gasteiger partial charge is 0.309 e. The molecule has 0 unspecified atom stereocenters. The Hall–Kier alpha value is -7.53. The topological polar surface area (TPSA) is 22.2 Å². The number of fused-ring (bicyclic) bond motifs is 12. The molecule has 0 N–H and O–H groups in total. The van der Waals surface area contributed by atoms with Crippen molar-refractivity contribution in [1.82, 2.24) is 14.0 Å². The Morgan fingerprint density at radius 3 is 1.73 bits per heavy atom. The molecule has 0 atom stereocenters. The highest BCUT2D eigenvalue weighted by molar-refractivity contribution is 7.26. The van der Waals surface area contributed by atoms with Crippen molar-refractivity contribution in [2.24, 2.45) is 0 Å². The van der Waals surface area contributed by atoms with Gasteiger partial charge in [0.2, 0.25) is 0 Å². The smallest absolute Gasteiger partial charge is 0.156 e.